The smallest absolute Gasteiger partial charge is 0.344 e. The molecule has 0 spiro atoms. The van der Waals surface area contributed by atoms with Crippen molar-refractivity contribution in [2.45, 2.75) is 20.4 Å². The molecule has 0 radical (unpaired) electrons. The number of ether oxygens (including phenoxy) is 2. The molecule has 14 heavy (non-hydrogen) atoms. The van der Waals surface area contributed by atoms with Crippen LogP contribution in [0.2, 0.25) is 0 Å². The lowest BCUT2D eigenvalue weighted by atomic mass is 10.6. The molecule has 0 fully saturated rings. The lowest BCUT2D eigenvalue weighted by molar-refractivity contribution is -0.145. The van der Waals surface area contributed by atoms with E-state index in [1.54, 1.807) is 24.0 Å². The molecule has 5 heteroatoms. The zero-order chi connectivity index (χ0) is 10.4. The lowest BCUT2D eigenvalue weighted by Crippen LogP contribution is -2.14. The molecule has 0 saturated carbocycles. The summed E-state index contributed by atoms with van der Waals surface area (Å²) in [6.45, 7) is 4.82. The zero-order valence-electron chi connectivity index (χ0n) is 8.40. The average Bonchev–Trinajstić information content (AvgIpc) is 2.63. The predicted molar refractivity (Wildman–Crippen MR) is 50.0 cm³/mol. The van der Waals surface area contributed by atoms with Gasteiger partial charge in [0.05, 0.1) is 19.0 Å². The summed E-state index contributed by atoms with van der Waals surface area (Å²) in [7, 11) is 0. The minimum absolute atomic E-state index is 0.0662. The maximum Gasteiger partial charge on any atom is 0.344 e. The minimum atomic E-state index is -0.364. The Morgan fingerprint density at radius 1 is 1.57 bits per heavy atom. The van der Waals surface area contributed by atoms with E-state index in [0.717, 1.165) is 6.54 Å². The zero-order valence-corrected chi connectivity index (χ0v) is 8.40. The van der Waals surface area contributed by atoms with Crippen molar-refractivity contribution in [3.63, 3.8) is 0 Å². The monoisotopic (exact) mass is 198 g/mol. The third-order valence-corrected chi connectivity index (χ3v) is 1.60. The van der Waals surface area contributed by atoms with Gasteiger partial charge in [-0.1, -0.05) is 0 Å². The lowest BCUT2D eigenvalue weighted by Gasteiger charge is -2.02. The summed E-state index contributed by atoms with van der Waals surface area (Å²) in [6, 6.07) is 0. The summed E-state index contributed by atoms with van der Waals surface area (Å²) < 4.78 is 11.6. The first-order valence-electron chi connectivity index (χ1n) is 4.57. The average molecular weight is 198 g/mol. The summed E-state index contributed by atoms with van der Waals surface area (Å²) in [6.07, 6.45) is 3.31. The molecule has 1 aromatic heterocycles. The Kier molecular flexibility index (Phi) is 3.97. The molecule has 78 valence electrons. The highest BCUT2D eigenvalue weighted by molar-refractivity contribution is 5.71. The number of nitrogens with zero attached hydrogens (tertiary/aromatic N) is 2. The van der Waals surface area contributed by atoms with Crippen molar-refractivity contribution < 1.29 is 14.3 Å². The van der Waals surface area contributed by atoms with Gasteiger partial charge in [0, 0.05) is 6.54 Å². The molecule has 1 rings (SSSR count). The quantitative estimate of drug-likeness (QED) is 0.658. The van der Waals surface area contributed by atoms with Crippen LogP contribution in [-0.4, -0.2) is 29.0 Å². The van der Waals surface area contributed by atoms with E-state index in [9.17, 15) is 4.79 Å². The number of aromatic nitrogens is 2. The van der Waals surface area contributed by atoms with Crippen LogP contribution in [-0.2, 0) is 16.1 Å². The third kappa shape index (κ3) is 3.08. The van der Waals surface area contributed by atoms with Gasteiger partial charge in [0.1, 0.15) is 0 Å². The van der Waals surface area contributed by atoms with E-state index in [-0.39, 0.29) is 12.6 Å². The number of esters is 1. The second-order valence-corrected chi connectivity index (χ2v) is 2.63. The highest BCUT2D eigenvalue weighted by Gasteiger charge is 2.04. The van der Waals surface area contributed by atoms with Gasteiger partial charge in [-0.3, -0.25) is 4.68 Å². The van der Waals surface area contributed by atoms with Crippen LogP contribution in [0.5, 0.6) is 5.75 Å². The van der Waals surface area contributed by atoms with Crippen molar-refractivity contribution in [1.29, 1.82) is 0 Å². The molecular weight excluding hydrogens is 184 g/mol. The topological polar surface area (TPSA) is 53.4 Å². The van der Waals surface area contributed by atoms with E-state index in [2.05, 4.69) is 5.10 Å². The first-order chi connectivity index (χ1) is 6.76. The number of carbonyl (C=O) groups excluding carboxylic acids is 1. The first-order valence-corrected chi connectivity index (χ1v) is 4.57. The van der Waals surface area contributed by atoms with E-state index < -0.39 is 0 Å². The fraction of sp³-hybridized carbons (Fsp3) is 0.556. The van der Waals surface area contributed by atoms with Crippen molar-refractivity contribution in [2.75, 3.05) is 13.2 Å². The van der Waals surface area contributed by atoms with Crippen LogP contribution in [0.25, 0.3) is 0 Å². The fourth-order valence-corrected chi connectivity index (χ4v) is 0.937. The molecule has 1 heterocycles. The molecule has 0 bridgehead atoms. The molecule has 5 nitrogen and oxygen atoms in total. The normalized spacial score (nSPS) is 9.86. The number of hydrogen-bond donors (Lipinski definition) is 0. The van der Waals surface area contributed by atoms with Crippen molar-refractivity contribution in [3.8, 4) is 5.75 Å². The summed E-state index contributed by atoms with van der Waals surface area (Å²) >= 11 is 0. The van der Waals surface area contributed by atoms with Crippen molar-refractivity contribution in [2.24, 2.45) is 0 Å². The molecule has 0 amide bonds. The molecule has 0 unspecified atom stereocenters. The number of carbonyl (C=O) groups is 1. The maximum atomic E-state index is 10.9. The largest absolute Gasteiger partial charge is 0.479 e. The number of rotatable bonds is 5. The van der Waals surface area contributed by atoms with E-state index in [0.29, 0.717) is 12.4 Å². The second-order valence-electron chi connectivity index (χ2n) is 2.63. The van der Waals surface area contributed by atoms with Gasteiger partial charge in [-0.05, 0) is 13.8 Å². The van der Waals surface area contributed by atoms with E-state index >= 15 is 0 Å². The first kappa shape index (κ1) is 10.6. The van der Waals surface area contributed by atoms with Crippen molar-refractivity contribution >= 4 is 5.97 Å². The molecule has 0 aliphatic heterocycles. The van der Waals surface area contributed by atoms with Crippen LogP contribution in [0.1, 0.15) is 13.8 Å². The molecular formula is C9H14N2O3. The SMILES string of the molecule is CCOC(=O)COc1cnn(CC)c1. The fourth-order valence-electron chi connectivity index (χ4n) is 0.937. The summed E-state index contributed by atoms with van der Waals surface area (Å²) in [5, 5.41) is 4.00. The molecule has 1 aromatic rings. The Morgan fingerprint density at radius 2 is 2.36 bits per heavy atom. The van der Waals surface area contributed by atoms with Crippen LogP contribution in [0.15, 0.2) is 12.4 Å². The molecule has 0 N–H and O–H groups in total. The van der Waals surface area contributed by atoms with Gasteiger partial charge in [0.15, 0.2) is 12.4 Å². The highest BCUT2D eigenvalue weighted by atomic mass is 16.6. The van der Waals surface area contributed by atoms with Gasteiger partial charge in [0.2, 0.25) is 0 Å². The van der Waals surface area contributed by atoms with Gasteiger partial charge in [-0.25, -0.2) is 4.79 Å². The molecule has 0 aromatic carbocycles. The highest BCUT2D eigenvalue weighted by Crippen LogP contribution is 2.07. The second kappa shape index (κ2) is 5.26. The van der Waals surface area contributed by atoms with Gasteiger partial charge in [0.25, 0.3) is 0 Å². The summed E-state index contributed by atoms with van der Waals surface area (Å²) in [5.41, 5.74) is 0. The van der Waals surface area contributed by atoms with E-state index in [4.69, 9.17) is 9.47 Å². The van der Waals surface area contributed by atoms with Crippen LogP contribution in [0, 0.1) is 0 Å². The Hall–Kier alpha value is -1.52. The van der Waals surface area contributed by atoms with Crippen LogP contribution >= 0.6 is 0 Å². The predicted octanol–water partition coefficient (Wildman–Crippen LogP) is 0.845. The Morgan fingerprint density at radius 3 is 2.93 bits per heavy atom. The standard InChI is InChI=1S/C9H14N2O3/c1-3-11-6-8(5-10-11)14-7-9(12)13-4-2/h5-6H,3-4,7H2,1-2H3. The Balaban J connectivity index is 2.34. The van der Waals surface area contributed by atoms with Crippen molar-refractivity contribution in [1.82, 2.24) is 9.78 Å². The van der Waals surface area contributed by atoms with Crippen LogP contribution in [0.4, 0.5) is 0 Å². The summed E-state index contributed by atoms with van der Waals surface area (Å²) in [5.74, 6) is 0.219. The summed E-state index contributed by atoms with van der Waals surface area (Å²) in [4.78, 5) is 10.9. The number of aryl methyl sites for hydroxylation is 1. The number of hydrogen-bond acceptors (Lipinski definition) is 4. The van der Waals surface area contributed by atoms with E-state index in [1.807, 2.05) is 6.92 Å². The van der Waals surface area contributed by atoms with E-state index in [1.165, 1.54) is 0 Å². The van der Waals surface area contributed by atoms with Crippen LogP contribution < -0.4 is 4.74 Å². The van der Waals surface area contributed by atoms with Gasteiger partial charge in [-0.2, -0.15) is 5.10 Å². The van der Waals surface area contributed by atoms with Crippen molar-refractivity contribution in [3.05, 3.63) is 12.4 Å². The molecule has 0 saturated heterocycles. The maximum absolute atomic E-state index is 10.9. The van der Waals surface area contributed by atoms with Gasteiger partial charge >= 0.3 is 5.97 Å². The van der Waals surface area contributed by atoms with Gasteiger partial charge < -0.3 is 9.47 Å². The molecule has 0 atom stereocenters. The molecule has 0 aliphatic rings. The van der Waals surface area contributed by atoms with Crippen LogP contribution in [0.3, 0.4) is 0 Å². The minimum Gasteiger partial charge on any atom is -0.479 e. The Labute approximate surface area is 82.6 Å². The Bertz CT molecular complexity index is 296. The molecule has 0 aliphatic carbocycles. The third-order valence-electron chi connectivity index (χ3n) is 1.60. The van der Waals surface area contributed by atoms with Gasteiger partial charge in [-0.15, -0.1) is 0 Å².